The number of phosphoric acid groups is 1. The van der Waals surface area contributed by atoms with Crippen LogP contribution in [-0.2, 0) is 18.3 Å². The van der Waals surface area contributed by atoms with E-state index in [1.165, 1.54) is 0 Å². The van der Waals surface area contributed by atoms with E-state index in [1.54, 1.807) is 0 Å². The first kappa shape index (κ1) is 27.9. The highest BCUT2D eigenvalue weighted by atomic mass is 31.2. The van der Waals surface area contributed by atoms with Crippen LogP contribution in [0.5, 0.6) is 0 Å². The quantitative estimate of drug-likeness (QED) is 0.161. The van der Waals surface area contributed by atoms with Crippen LogP contribution in [0, 0.1) is 0 Å². The molecule has 2 atom stereocenters. The molecule has 0 heterocycles. The van der Waals surface area contributed by atoms with Crippen molar-refractivity contribution in [2.24, 2.45) is 5.73 Å². The zero-order valence-corrected chi connectivity index (χ0v) is 18.4. The first-order chi connectivity index (χ1) is 14.0. The predicted molar refractivity (Wildman–Crippen MR) is 118 cm³/mol. The molecule has 0 saturated carbocycles. The van der Waals surface area contributed by atoms with E-state index in [0.717, 1.165) is 38.5 Å². The van der Waals surface area contributed by atoms with Gasteiger partial charge in [0.05, 0.1) is 19.8 Å². The Hall–Kier alpha value is -1.05. The molecule has 0 aromatic heterocycles. The van der Waals surface area contributed by atoms with Gasteiger partial charge < -0.3 is 20.5 Å². The van der Waals surface area contributed by atoms with Crippen molar-refractivity contribution in [1.29, 1.82) is 0 Å². The molecule has 0 radical (unpaired) electrons. The molecule has 0 aromatic rings. The Labute approximate surface area is 175 Å². The van der Waals surface area contributed by atoms with Crippen molar-refractivity contribution in [3.8, 4) is 0 Å². The molecule has 2 unspecified atom stereocenters. The number of aliphatic hydroxyl groups excluding tert-OH is 1. The highest BCUT2D eigenvalue weighted by molar-refractivity contribution is 7.47. The first-order valence-corrected chi connectivity index (χ1v) is 11.7. The van der Waals surface area contributed by atoms with Crippen molar-refractivity contribution >= 4 is 7.82 Å². The topological polar surface area (TPSA) is 111 Å². The van der Waals surface area contributed by atoms with Crippen LogP contribution in [0.1, 0.15) is 45.4 Å². The van der Waals surface area contributed by atoms with Crippen molar-refractivity contribution < 1.29 is 28.3 Å². The maximum Gasteiger partial charge on any atom is 0.472 e. The Kier molecular flexibility index (Phi) is 19.5. The largest absolute Gasteiger partial charge is 0.472 e. The smallest absolute Gasteiger partial charge is 0.388 e. The summed E-state index contributed by atoms with van der Waals surface area (Å²) >= 11 is 0. The SMILES string of the molecule is CC/C=C\C/C=C\C/C=C\C/C=C\CCCOCC(O)COP(=O)(O)OCCN. The van der Waals surface area contributed by atoms with Crippen LogP contribution >= 0.6 is 7.82 Å². The second-order valence-corrected chi connectivity index (χ2v) is 7.71. The maximum absolute atomic E-state index is 11.4. The number of rotatable bonds is 19. The Morgan fingerprint density at radius 2 is 1.48 bits per heavy atom. The van der Waals surface area contributed by atoms with Gasteiger partial charge in [0.1, 0.15) is 6.10 Å². The summed E-state index contributed by atoms with van der Waals surface area (Å²) in [5.41, 5.74) is 5.17. The summed E-state index contributed by atoms with van der Waals surface area (Å²) in [6, 6.07) is 0. The van der Waals surface area contributed by atoms with Crippen LogP contribution in [-0.4, -0.2) is 49.1 Å². The van der Waals surface area contributed by atoms with E-state index in [4.69, 9.17) is 10.5 Å². The van der Waals surface area contributed by atoms with Gasteiger partial charge in [-0.1, -0.05) is 55.5 Å². The zero-order chi connectivity index (χ0) is 21.6. The fourth-order valence-electron chi connectivity index (χ4n) is 2.05. The number of nitrogens with two attached hydrogens (primary N) is 1. The number of ether oxygens (including phenoxy) is 1. The van der Waals surface area contributed by atoms with E-state index in [-0.39, 0.29) is 26.4 Å². The lowest BCUT2D eigenvalue weighted by atomic mass is 10.2. The predicted octanol–water partition coefficient (Wildman–Crippen LogP) is 4.04. The molecule has 0 aliphatic rings. The number of phosphoric ester groups is 1. The Balaban J connectivity index is 3.56. The third-order valence-corrected chi connectivity index (χ3v) is 4.48. The Morgan fingerprint density at radius 3 is 2.07 bits per heavy atom. The van der Waals surface area contributed by atoms with Gasteiger partial charge in [0.15, 0.2) is 0 Å². The summed E-state index contributed by atoms with van der Waals surface area (Å²) in [5.74, 6) is 0. The van der Waals surface area contributed by atoms with E-state index >= 15 is 0 Å². The van der Waals surface area contributed by atoms with Gasteiger partial charge >= 0.3 is 7.82 Å². The summed E-state index contributed by atoms with van der Waals surface area (Å²) in [4.78, 5) is 9.29. The molecule has 0 fully saturated rings. The third-order valence-electron chi connectivity index (χ3n) is 3.49. The molecule has 29 heavy (non-hydrogen) atoms. The molecular weight excluding hydrogens is 393 g/mol. The van der Waals surface area contributed by atoms with E-state index in [2.05, 4.69) is 64.6 Å². The minimum Gasteiger partial charge on any atom is -0.388 e. The van der Waals surface area contributed by atoms with E-state index in [9.17, 15) is 14.6 Å². The molecule has 8 heteroatoms. The first-order valence-electron chi connectivity index (χ1n) is 10.2. The van der Waals surface area contributed by atoms with Crippen LogP contribution < -0.4 is 5.73 Å². The van der Waals surface area contributed by atoms with Crippen LogP contribution in [0.2, 0.25) is 0 Å². The Bertz CT molecular complexity index is 533. The van der Waals surface area contributed by atoms with Crippen molar-refractivity contribution in [1.82, 2.24) is 0 Å². The van der Waals surface area contributed by atoms with Crippen molar-refractivity contribution in [3.63, 3.8) is 0 Å². The molecule has 0 saturated heterocycles. The average Bonchev–Trinajstić information content (AvgIpc) is 2.70. The van der Waals surface area contributed by atoms with Gasteiger partial charge in [-0.05, 0) is 38.5 Å². The molecule has 0 aliphatic heterocycles. The summed E-state index contributed by atoms with van der Waals surface area (Å²) in [5, 5.41) is 9.66. The third kappa shape index (κ3) is 21.5. The van der Waals surface area contributed by atoms with Crippen molar-refractivity contribution in [2.45, 2.75) is 51.6 Å². The second kappa shape index (κ2) is 20.2. The molecular formula is C21H38NO6P. The molecule has 4 N–H and O–H groups in total. The fraction of sp³-hybridized carbons (Fsp3) is 0.619. The molecule has 168 valence electrons. The molecule has 0 aliphatic carbocycles. The average molecular weight is 432 g/mol. The molecule has 0 amide bonds. The molecule has 0 spiro atoms. The second-order valence-electron chi connectivity index (χ2n) is 6.26. The molecule has 0 bridgehead atoms. The standard InChI is InChI=1S/C21H38NO6P/c1-2-3-4-5-6-7-8-9-10-11-12-13-14-15-17-26-19-21(23)20-28-29(24,25)27-18-16-22/h3-4,6-7,9-10,12-13,21,23H,2,5,8,11,14-20,22H2,1H3,(H,24,25)/b4-3-,7-6-,10-9-,13-12-. The molecule has 7 nitrogen and oxygen atoms in total. The lowest BCUT2D eigenvalue weighted by molar-refractivity contribution is 0.00284. The van der Waals surface area contributed by atoms with E-state index in [0.29, 0.717) is 6.61 Å². The monoisotopic (exact) mass is 431 g/mol. The van der Waals surface area contributed by atoms with Crippen molar-refractivity contribution in [3.05, 3.63) is 48.6 Å². The number of aliphatic hydroxyl groups is 1. The van der Waals surface area contributed by atoms with Crippen LogP contribution in [0.3, 0.4) is 0 Å². The van der Waals surface area contributed by atoms with Gasteiger partial charge in [0.25, 0.3) is 0 Å². The summed E-state index contributed by atoms with van der Waals surface area (Å²) in [6.07, 6.45) is 21.9. The molecule has 0 aromatic carbocycles. The molecule has 0 rings (SSSR count). The van der Waals surface area contributed by atoms with Crippen LogP contribution in [0.4, 0.5) is 0 Å². The lowest BCUT2D eigenvalue weighted by Gasteiger charge is -2.15. The van der Waals surface area contributed by atoms with Gasteiger partial charge in [0.2, 0.25) is 0 Å². The van der Waals surface area contributed by atoms with Gasteiger partial charge in [-0.25, -0.2) is 4.57 Å². The van der Waals surface area contributed by atoms with Crippen LogP contribution in [0.25, 0.3) is 0 Å². The number of unbranched alkanes of at least 4 members (excludes halogenated alkanes) is 1. The minimum absolute atomic E-state index is 0.0328. The number of hydrogen-bond acceptors (Lipinski definition) is 6. The normalized spacial score (nSPS) is 15.9. The van der Waals surface area contributed by atoms with Gasteiger partial charge in [0, 0.05) is 13.2 Å². The minimum atomic E-state index is -4.16. The summed E-state index contributed by atoms with van der Waals surface area (Å²) < 4.78 is 25.9. The van der Waals surface area contributed by atoms with Crippen molar-refractivity contribution in [2.75, 3.05) is 33.0 Å². The maximum atomic E-state index is 11.4. The van der Waals surface area contributed by atoms with Gasteiger partial charge in [-0.3, -0.25) is 9.05 Å². The number of hydrogen-bond donors (Lipinski definition) is 3. The highest BCUT2D eigenvalue weighted by Gasteiger charge is 2.22. The summed E-state index contributed by atoms with van der Waals surface area (Å²) in [7, 11) is -4.16. The Morgan fingerprint density at radius 1 is 0.897 bits per heavy atom. The highest BCUT2D eigenvalue weighted by Crippen LogP contribution is 2.42. The lowest BCUT2D eigenvalue weighted by Crippen LogP contribution is -2.22. The van der Waals surface area contributed by atoms with Crippen LogP contribution in [0.15, 0.2) is 48.6 Å². The van der Waals surface area contributed by atoms with E-state index in [1.807, 2.05) is 0 Å². The summed E-state index contributed by atoms with van der Waals surface area (Å²) in [6.45, 7) is 2.35. The van der Waals surface area contributed by atoms with Gasteiger partial charge in [-0.15, -0.1) is 0 Å². The zero-order valence-electron chi connectivity index (χ0n) is 17.5. The van der Waals surface area contributed by atoms with E-state index < -0.39 is 13.9 Å². The van der Waals surface area contributed by atoms with Gasteiger partial charge in [-0.2, -0.15) is 0 Å². The number of allylic oxidation sites excluding steroid dienone is 8. The fourth-order valence-corrected chi connectivity index (χ4v) is 2.82.